The fourth-order valence-corrected chi connectivity index (χ4v) is 8.91. The molecule has 23 heavy (non-hydrogen) atoms. The lowest BCUT2D eigenvalue weighted by Crippen LogP contribution is -2.67. The number of fused-ring (bicyclic) bond motifs is 1. The van der Waals surface area contributed by atoms with Crippen LogP contribution in [0.25, 0.3) is 0 Å². The van der Waals surface area contributed by atoms with E-state index in [0.29, 0.717) is 23.2 Å². The summed E-state index contributed by atoms with van der Waals surface area (Å²) < 4.78 is 0. The summed E-state index contributed by atoms with van der Waals surface area (Å²) in [7, 11) is 0. The smallest absolute Gasteiger partial charge is 0.237 e. The first-order valence-electron chi connectivity index (χ1n) is 9.28. The van der Waals surface area contributed by atoms with Crippen LogP contribution in [-0.4, -0.2) is 27.5 Å². The summed E-state index contributed by atoms with van der Waals surface area (Å²) >= 11 is 2.07. The lowest BCUT2D eigenvalue weighted by Gasteiger charge is -2.62. The summed E-state index contributed by atoms with van der Waals surface area (Å²) in [5.74, 6) is 1.54. The highest BCUT2D eigenvalue weighted by molar-refractivity contribution is 8.02. The van der Waals surface area contributed by atoms with Gasteiger partial charge in [-0.3, -0.25) is 4.79 Å². The third-order valence-corrected chi connectivity index (χ3v) is 9.37. The zero-order chi connectivity index (χ0) is 15.7. The number of hydrogen-bond acceptors (Lipinski definition) is 2. The molecule has 1 aliphatic carbocycles. The van der Waals surface area contributed by atoms with Gasteiger partial charge >= 0.3 is 0 Å². The summed E-state index contributed by atoms with van der Waals surface area (Å²) in [6, 6.07) is 10.9. The zero-order valence-electron chi connectivity index (χ0n) is 13.8. The Bertz CT molecular complexity index is 642. The number of piperidine rings is 2. The normalized spacial score (nSPS) is 44.5. The Kier molecular flexibility index (Phi) is 2.99. The largest absolute Gasteiger partial charge is 0.326 e. The minimum atomic E-state index is 0.112. The van der Waals surface area contributed by atoms with E-state index in [1.165, 1.54) is 44.1 Å². The van der Waals surface area contributed by atoms with Gasteiger partial charge in [0.05, 0.1) is 10.1 Å². The Morgan fingerprint density at radius 1 is 1.22 bits per heavy atom. The van der Waals surface area contributed by atoms with E-state index < -0.39 is 0 Å². The molecule has 0 N–H and O–H groups in total. The van der Waals surface area contributed by atoms with Crippen molar-refractivity contribution in [1.29, 1.82) is 0 Å². The van der Waals surface area contributed by atoms with Crippen LogP contribution in [0.3, 0.4) is 0 Å². The van der Waals surface area contributed by atoms with Crippen molar-refractivity contribution < 1.29 is 4.79 Å². The van der Waals surface area contributed by atoms with Gasteiger partial charge in [0.15, 0.2) is 0 Å². The Hall–Kier alpha value is -0.960. The zero-order valence-corrected chi connectivity index (χ0v) is 14.6. The molecule has 3 heteroatoms. The van der Waals surface area contributed by atoms with Gasteiger partial charge in [0.1, 0.15) is 0 Å². The number of thioether (sulfide) groups is 1. The highest BCUT2D eigenvalue weighted by Crippen LogP contribution is 2.74. The number of carbonyl (C=O) groups is 1. The van der Waals surface area contributed by atoms with E-state index in [-0.39, 0.29) is 10.1 Å². The van der Waals surface area contributed by atoms with Crippen LogP contribution in [0.5, 0.6) is 0 Å². The SMILES string of the molecule is CC[C@@]12CCC[C@H]3[C@@H](c4ccccc4)[C@H]4S[C@]31N(CCC2)C4=O. The van der Waals surface area contributed by atoms with Crippen molar-refractivity contribution in [3.05, 3.63) is 35.9 Å². The molecule has 1 aromatic carbocycles. The van der Waals surface area contributed by atoms with E-state index in [2.05, 4.69) is 53.9 Å². The average Bonchev–Trinajstić information content (AvgIpc) is 3.09. The van der Waals surface area contributed by atoms with E-state index in [1.54, 1.807) is 0 Å². The van der Waals surface area contributed by atoms with E-state index >= 15 is 0 Å². The molecular formula is C20H25NOS. The Morgan fingerprint density at radius 2 is 2.00 bits per heavy atom. The lowest BCUT2D eigenvalue weighted by molar-refractivity contribution is -0.155. The molecule has 4 aliphatic rings. The molecule has 1 spiro atoms. The Balaban J connectivity index is 1.68. The second kappa shape index (κ2) is 4.78. The Labute approximate surface area is 143 Å². The summed E-state index contributed by atoms with van der Waals surface area (Å²) in [5, 5.41) is 0.171. The first-order chi connectivity index (χ1) is 11.2. The third-order valence-electron chi connectivity index (χ3n) is 7.31. The number of rotatable bonds is 2. The van der Waals surface area contributed by atoms with Crippen molar-refractivity contribution in [2.75, 3.05) is 6.54 Å². The van der Waals surface area contributed by atoms with Crippen molar-refractivity contribution in [2.45, 2.75) is 61.5 Å². The minimum absolute atomic E-state index is 0.112. The van der Waals surface area contributed by atoms with Crippen molar-refractivity contribution >= 4 is 17.7 Å². The van der Waals surface area contributed by atoms with Gasteiger partial charge in [-0.15, -0.1) is 11.8 Å². The maximum Gasteiger partial charge on any atom is 0.237 e. The predicted octanol–water partition coefficient (Wildman–Crippen LogP) is 4.41. The second-order valence-corrected chi connectivity index (χ2v) is 9.26. The van der Waals surface area contributed by atoms with Gasteiger partial charge in [0, 0.05) is 23.8 Å². The van der Waals surface area contributed by atoms with Crippen LogP contribution in [0.15, 0.2) is 30.3 Å². The van der Waals surface area contributed by atoms with Gasteiger partial charge in [-0.25, -0.2) is 0 Å². The van der Waals surface area contributed by atoms with E-state index in [9.17, 15) is 4.79 Å². The average molecular weight is 327 g/mol. The predicted molar refractivity (Wildman–Crippen MR) is 94.3 cm³/mol. The molecule has 1 amide bonds. The summed E-state index contributed by atoms with van der Waals surface area (Å²) in [6.07, 6.45) is 7.73. The molecule has 0 aromatic heterocycles. The first-order valence-corrected chi connectivity index (χ1v) is 10.2. The molecular weight excluding hydrogens is 302 g/mol. The van der Waals surface area contributed by atoms with Crippen molar-refractivity contribution in [3.63, 3.8) is 0 Å². The van der Waals surface area contributed by atoms with Crippen molar-refractivity contribution in [2.24, 2.45) is 11.3 Å². The lowest BCUT2D eigenvalue weighted by atomic mass is 9.55. The van der Waals surface area contributed by atoms with Crippen molar-refractivity contribution in [3.8, 4) is 0 Å². The minimum Gasteiger partial charge on any atom is -0.326 e. The fraction of sp³-hybridized carbons (Fsp3) is 0.650. The van der Waals surface area contributed by atoms with Gasteiger partial charge in [-0.05, 0) is 37.7 Å². The molecule has 1 aromatic rings. The molecule has 5 rings (SSSR count). The van der Waals surface area contributed by atoms with Crippen LogP contribution in [0, 0.1) is 11.3 Å². The number of amides is 1. The van der Waals surface area contributed by atoms with Gasteiger partial charge in [0.25, 0.3) is 0 Å². The summed E-state index contributed by atoms with van der Waals surface area (Å²) in [6.45, 7) is 3.37. The first kappa shape index (κ1) is 14.4. The molecule has 2 nitrogen and oxygen atoms in total. The highest BCUT2D eigenvalue weighted by atomic mass is 32.2. The highest BCUT2D eigenvalue weighted by Gasteiger charge is 2.74. The van der Waals surface area contributed by atoms with Gasteiger partial charge < -0.3 is 4.90 Å². The number of carbonyl (C=O) groups excluding carboxylic acids is 1. The summed E-state index contributed by atoms with van der Waals surface area (Å²) in [4.78, 5) is 15.6. The molecule has 4 fully saturated rings. The number of nitrogens with zero attached hydrogens (tertiary/aromatic N) is 1. The monoisotopic (exact) mass is 327 g/mol. The fourth-order valence-electron chi connectivity index (χ4n) is 6.46. The van der Waals surface area contributed by atoms with Crippen LogP contribution in [0.2, 0.25) is 0 Å². The van der Waals surface area contributed by atoms with Crippen LogP contribution in [-0.2, 0) is 4.79 Å². The topological polar surface area (TPSA) is 20.3 Å². The maximum atomic E-state index is 13.2. The van der Waals surface area contributed by atoms with Crippen LogP contribution in [0.1, 0.15) is 56.9 Å². The quantitative estimate of drug-likeness (QED) is 0.802. The van der Waals surface area contributed by atoms with Crippen molar-refractivity contribution in [1.82, 2.24) is 4.90 Å². The Morgan fingerprint density at radius 3 is 2.78 bits per heavy atom. The molecule has 3 saturated heterocycles. The standard InChI is InChI=1S/C20H25NOS/c1-2-19-11-6-10-15-16(14-8-4-3-5-9-14)17-18(22)21(13-7-12-19)20(15,19)23-17/h3-5,8-9,15-17H,2,6-7,10-13H2,1H3/t15-,16+,17+,19-,20+/m0/s1. The van der Waals surface area contributed by atoms with E-state index in [4.69, 9.17) is 0 Å². The second-order valence-electron chi connectivity index (χ2n) is 7.90. The molecule has 122 valence electrons. The molecule has 3 heterocycles. The molecule has 3 aliphatic heterocycles. The van der Waals surface area contributed by atoms with Gasteiger partial charge in [-0.2, -0.15) is 0 Å². The van der Waals surface area contributed by atoms with Crippen LogP contribution in [0.4, 0.5) is 0 Å². The van der Waals surface area contributed by atoms with Crippen LogP contribution < -0.4 is 0 Å². The van der Waals surface area contributed by atoms with Gasteiger partial charge in [0.2, 0.25) is 5.91 Å². The van der Waals surface area contributed by atoms with Gasteiger partial charge in [-0.1, -0.05) is 43.7 Å². The molecule has 0 radical (unpaired) electrons. The van der Waals surface area contributed by atoms with E-state index in [0.717, 1.165) is 6.54 Å². The molecule has 1 saturated carbocycles. The maximum absolute atomic E-state index is 13.2. The third kappa shape index (κ3) is 1.55. The summed E-state index contributed by atoms with van der Waals surface area (Å²) in [5.41, 5.74) is 1.77. The van der Waals surface area contributed by atoms with E-state index in [1.807, 2.05) is 0 Å². The number of hydrogen-bond donors (Lipinski definition) is 0. The molecule has 2 bridgehead atoms. The molecule has 5 atom stereocenters. The molecule has 0 unspecified atom stereocenters. The van der Waals surface area contributed by atoms with Crippen LogP contribution >= 0.6 is 11.8 Å². The number of benzene rings is 1.